The molecule has 0 radical (unpaired) electrons. The van der Waals surface area contributed by atoms with E-state index in [4.69, 9.17) is 18.9 Å². The third-order valence-electron chi connectivity index (χ3n) is 2.55. The summed E-state index contributed by atoms with van der Waals surface area (Å²) in [6, 6.07) is 0. The molecule has 17 heavy (non-hydrogen) atoms. The van der Waals surface area contributed by atoms with Gasteiger partial charge in [0.05, 0.1) is 19.4 Å². The minimum Gasteiger partial charge on any atom is -0.494 e. The van der Waals surface area contributed by atoms with Crippen LogP contribution in [0.5, 0.6) is 0 Å². The van der Waals surface area contributed by atoms with Crippen molar-refractivity contribution in [2.24, 2.45) is 4.99 Å². The average Bonchev–Trinajstić information content (AvgIpc) is 2.37. The van der Waals surface area contributed by atoms with E-state index in [1.165, 1.54) is 21.3 Å². The Morgan fingerprint density at radius 3 is 2.41 bits per heavy atom. The summed E-state index contributed by atoms with van der Waals surface area (Å²) < 4.78 is 21.2. The first kappa shape index (κ1) is 13.9. The maximum Gasteiger partial charge on any atom is 0.221 e. The Hall–Kier alpha value is -1.20. The molecule has 0 saturated heterocycles. The topological polar surface area (TPSA) is 49.3 Å². The van der Waals surface area contributed by atoms with Crippen molar-refractivity contribution in [3.05, 3.63) is 23.7 Å². The Balaban J connectivity index is 3.28. The van der Waals surface area contributed by atoms with Gasteiger partial charge in [0, 0.05) is 14.2 Å². The monoisotopic (exact) mass is 257 g/mol. The van der Waals surface area contributed by atoms with Gasteiger partial charge in [-0.15, -0.1) is 0 Å². The number of aliphatic imine (C=N–C) groups is 1. The molecule has 0 aromatic carbocycles. The van der Waals surface area contributed by atoms with Gasteiger partial charge in [0.15, 0.2) is 17.6 Å². The number of isothiocyanates is 1. The van der Waals surface area contributed by atoms with E-state index >= 15 is 0 Å². The molecule has 0 N–H and O–H groups in total. The number of rotatable bonds is 5. The molecule has 0 aromatic rings. The molecular formula is C11H15NO4S. The van der Waals surface area contributed by atoms with Gasteiger partial charge in [0.1, 0.15) is 0 Å². The van der Waals surface area contributed by atoms with Crippen molar-refractivity contribution < 1.29 is 18.9 Å². The average molecular weight is 257 g/mol. The Morgan fingerprint density at radius 2 is 2.00 bits per heavy atom. The van der Waals surface area contributed by atoms with E-state index in [1.54, 1.807) is 19.3 Å². The quantitative estimate of drug-likeness (QED) is 0.552. The minimum absolute atomic E-state index is 0.494. The van der Waals surface area contributed by atoms with Crippen LogP contribution in [0.2, 0.25) is 0 Å². The summed E-state index contributed by atoms with van der Waals surface area (Å²) in [6.45, 7) is 0. The lowest BCUT2D eigenvalue weighted by Crippen LogP contribution is -2.45. The first-order chi connectivity index (χ1) is 8.18. The van der Waals surface area contributed by atoms with Crippen LogP contribution in [0.3, 0.4) is 0 Å². The molecule has 0 aromatic heterocycles. The molecule has 0 saturated carbocycles. The van der Waals surface area contributed by atoms with Crippen LogP contribution in [0.15, 0.2) is 28.7 Å². The van der Waals surface area contributed by atoms with E-state index < -0.39 is 11.8 Å². The van der Waals surface area contributed by atoms with Gasteiger partial charge in [-0.2, -0.15) is 4.99 Å². The number of nitrogens with zero attached hydrogens (tertiary/aromatic N) is 1. The fourth-order valence-corrected chi connectivity index (χ4v) is 1.86. The second-order valence-electron chi connectivity index (χ2n) is 3.24. The zero-order valence-electron chi connectivity index (χ0n) is 10.2. The lowest BCUT2D eigenvalue weighted by molar-refractivity contribution is -0.0871. The van der Waals surface area contributed by atoms with E-state index in [9.17, 15) is 0 Å². The zero-order valence-corrected chi connectivity index (χ0v) is 11.0. The summed E-state index contributed by atoms with van der Waals surface area (Å²) in [4.78, 5) is 4.01. The Labute approximate surface area is 106 Å². The van der Waals surface area contributed by atoms with Crippen molar-refractivity contribution in [2.75, 3.05) is 28.4 Å². The molecule has 0 heterocycles. The van der Waals surface area contributed by atoms with Crippen LogP contribution in [-0.4, -0.2) is 45.4 Å². The molecule has 1 rings (SSSR count). The Morgan fingerprint density at radius 1 is 1.29 bits per heavy atom. The second kappa shape index (κ2) is 5.93. The second-order valence-corrected chi connectivity index (χ2v) is 3.43. The lowest BCUT2D eigenvalue weighted by Gasteiger charge is -2.35. The van der Waals surface area contributed by atoms with Crippen LogP contribution >= 0.6 is 12.2 Å². The summed E-state index contributed by atoms with van der Waals surface area (Å²) >= 11 is 4.63. The van der Waals surface area contributed by atoms with Crippen molar-refractivity contribution in [3.63, 3.8) is 0 Å². The van der Waals surface area contributed by atoms with Crippen LogP contribution in [-0.2, 0) is 18.9 Å². The predicted molar refractivity (Wildman–Crippen MR) is 65.7 cm³/mol. The van der Waals surface area contributed by atoms with Gasteiger partial charge < -0.3 is 18.9 Å². The highest BCUT2D eigenvalue weighted by Gasteiger charge is 2.44. The van der Waals surface area contributed by atoms with E-state index in [-0.39, 0.29) is 0 Å². The molecule has 2 unspecified atom stereocenters. The van der Waals surface area contributed by atoms with Crippen molar-refractivity contribution in [1.29, 1.82) is 0 Å². The van der Waals surface area contributed by atoms with Gasteiger partial charge in [-0.25, -0.2) is 0 Å². The molecule has 1 aliphatic rings. The van der Waals surface area contributed by atoms with Crippen molar-refractivity contribution >= 4 is 17.4 Å². The van der Waals surface area contributed by atoms with Crippen LogP contribution in [0.25, 0.3) is 0 Å². The fourth-order valence-electron chi connectivity index (χ4n) is 1.72. The normalized spacial score (nSPS) is 27.6. The van der Waals surface area contributed by atoms with E-state index in [2.05, 4.69) is 22.4 Å². The van der Waals surface area contributed by atoms with E-state index in [1.807, 2.05) is 0 Å². The Kier molecular flexibility index (Phi) is 4.84. The molecule has 2 atom stereocenters. The van der Waals surface area contributed by atoms with E-state index in [0.717, 1.165) is 0 Å². The molecule has 0 spiro atoms. The molecule has 0 bridgehead atoms. The number of allylic oxidation sites excluding steroid dienone is 1. The highest BCUT2D eigenvalue weighted by molar-refractivity contribution is 7.78. The van der Waals surface area contributed by atoms with Crippen LogP contribution in [0.1, 0.15) is 0 Å². The van der Waals surface area contributed by atoms with Crippen LogP contribution < -0.4 is 0 Å². The number of hydrogen-bond acceptors (Lipinski definition) is 6. The summed E-state index contributed by atoms with van der Waals surface area (Å²) in [5, 5.41) is 2.30. The Bertz CT molecular complexity index is 387. The lowest BCUT2D eigenvalue weighted by atomic mass is 9.98. The number of ether oxygens (including phenoxy) is 4. The number of methoxy groups -OCH3 is 4. The SMILES string of the molecule is COC1=C(OC)C(OC)C(N=C=S)(OC)C=C1. The van der Waals surface area contributed by atoms with Crippen LogP contribution in [0, 0.1) is 0 Å². The zero-order chi connectivity index (χ0) is 12.9. The minimum atomic E-state index is -1.07. The summed E-state index contributed by atoms with van der Waals surface area (Å²) in [6.07, 6.45) is 2.82. The fraction of sp³-hybridized carbons (Fsp3) is 0.545. The van der Waals surface area contributed by atoms with Gasteiger partial charge in [0.2, 0.25) is 5.72 Å². The van der Waals surface area contributed by atoms with Gasteiger partial charge >= 0.3 is 0 Å². The van der Waals surface area contributed by atoms with Gasteiger partial charge in [0.25, 0.3) is 0 Å². The maximum absolute atomic E-state index is 5.37. The smallest absolute Gasteiger partial charge is 0.221 e. The van der Waals surface area contributed by atoms with Gasteiger partial charge in [-0.05, 0) is 24.4 Å². The molecule has 1 aliphatic carbocycles. The summed E-state index contributed by atoms with van der Waals surface area (Å²) in [5.41, 5.74) is -1.07. The summed E-state index contributed by atoms with van der Waals surface area (Å²) in [7, 11) is 6.12. The highest BCUT2D eigenvalue weighted by Crippen LogP contribution is 2.33. The predicted octanol–water partition coefficient (Wildman–Crippen LogP) is 1.52. The van der Waals surface area contributed by atoms with Gasteiger partial charge in [-0.1, -0.05) is 0 Å². The summed E-state index contributed by atoms with van der Waals surface area (Å²) in [5.74, 6) is 1.06. The first-order valence-corrected chi connectivity index (χ1v) is 5.28. The molecule has 0 fully saturated rings. The molecule has 0 aliphatic heterocycles. The highest BCUT2D eigenvalue weighted by atomic mass is 32.1. The third kappa shape index (κ3) is 2.40. The van der Waals surface area contributed by atoms with Crippen LogP contribution in [0.4, 0.5) is 0 Å². The molecule has 5 nitrogen and oxygen atoms in total. The van der Waals surface area contributed by atoms with Crippen molar-refractivity contribution in [2.45, 2.75) is 11.8 Å². The van der Waals surface area contributed by atoms with E-state index in [0.29, 0.717) is 11.5 Å². The molecule has 94 valence electrons. The largest absolute Gasteiger partial charge is 0.494 e. The molecule has 6 heteroatoms. The van der Waals surface area contributed by atoms with Gasteiger partial charge in [-0.3, -0.25) is 0 Å². The maximum atomic E-state index is 5.37. The standard InChI is InChI=1S/C11H15NO4S/c1-13-8-5-6-11(16-4,12-7-17)10(15-3)9(8)14-2/h5-6,10H,1-4H3. The first-order valence-electron chi connectivity index (χ1n) is 4.87. The number of thiocarbonyl (C=S) groups is 1. The molecule has 0 amide bonds. The third-order valence-corrected chi connectivity index (χ3v) is 2.64. The van der Waals surface area contributed by atoms with Crippen molar-refractivity contribution in [3.8, 4) is 0 Å². The number of hydrogen-bond donors (Lipinski definition) is 0. The molecular weight excluding hydrogens is 242 g/mol. The van der Waals surface area contributed by atoms with Crippen molar-refractivity contribution in [1.82, 2.24) is 0 Å².